The van der Waals surface area contributed by atoms with Crippen LogP contribution in [-0.4, -0.2) is 23.8 Å². The van der Waals surface area contributed by atoms with E-state index in [-0.39, 0.29) is 17.1 Å². The smallest absolute Gasteiger partial charge is 0.416 e. The van der Waals surface area contributed by atoms with Crippen molar-refractivity contribution in [2.75, 3.05) is 7.11 Å². The molecule has 0 fully saturated rings. The molecule has 132 valence electrons. The van der Waals surface area contributed by atoms with Gasteiger partial charge in [0.15, 0.2) is 11.5 Å². The van der Waals surface area contributed by atoms with E-state index in [4.69, 9.17) is 4.74 Å². The molecule has 0 aliphatic heterocycles. The number of nitrogens with zero attached hydrogens (tertiary/aromatic N) is 1. The van der Waals surface area contributed by atoms with Crippen LogP contribution in [0.3, 0.4) is 0 Å². The topological polar surface area (TPSA) is 70.9 Å². The van der Waals surface area contributed by atoms with Gasteiger partial charge in [0, 0.05) is 11.1 Å². The number of hydrazone groups is 1. The molecule has 0 aliphatic rings. The summed E-state index contributed by atoms with van der Waals surface area (Å²) < 4.78 is 42.5. The van der Waals surface area contributed by atoms with Gasteiger partial charge in [-0.1, -0.05) is 6.07 Å². The number of para-hydroxylation sites is 1. The SMILES string of the molecule is COc1cccc(/C(C)=N/NC(=O)c2ccc(C(F)(F)F)cc2)c1O. The summed E-state index contributed by atoms with van der Waals surface area (Å²) in [5.41, 5.74) is 2.08. The predicted molar refractivity (Wildman–Crippen MR) is 85.8 cm³/mol. The molecule has 0 bridgehead atoms. The Balaban J connectivity index is 2.14. The number of phenols is 1. The summed E-state index contributed by atoms with van der Waals surface area (Å²) in [6, 6.07) is 8.55. The summed E-state index contributed by atoms with van der Waals surface area (Å²) in [6.45, 7) is 1.56. The van der Waals surface area contributed by atoms with Crippen LogP contribution in [0.1, 0.15) is 28.4 Å². The van der Waals surface area contributed by atoms with Crippen molar-refractivity contribution in [3.8, 4) is 11.5 Å². The standard InChI is InChI=1S/C17H15F3N2O3/c1-10(13-4-3-5-14(25-2)15(13)23)21-22-16(24)11-6-8-12(9-7-11)17(18,19)20/h3-9,23H,1-2H3,(H,22,24)/b21-10+. The van der Waals surface area contributed by atoms with Gasteiger partial charge in [0.2, 0.25) is 0 Å². The Kier molecular flexibility index (Phi) is 5.31. The molecule has 8 heteroatoms. The lowest BCUT2D eigenvalue weighted by Crippen LogP contribution is -2.19. The van der Waals surface area contributed by atoms with Crippen LogP contribution < -0.4 is 10.2 Å². The Morgan fingerprint density at radius 1 is 1.16 bits per heavy atom. The van der Waals surface area contributed by atoms with Crippen molar-refractivity contribution < 1.29 is 27.8 Å². The normalized spacial score (nSPS) is 12.0. The quantitative estimate of drug-likeness (QED) is 0.653. The number of nitrogens with one attached hydrogen (secondary N) is 1. The highest BCUT2D eigenvalue weighted by molar-refractivity contribution is 6.03. The molecular formula is C17H15F3N2O3. The van der Waals surface area contributed by atoms with Crippen LogP contribution in [0.25, 0.3) is 0 Å². The zero-order valence-corrected chi connectivity index (χ0v) is 13.4. The van der Waals surface area contributed by atoms with Crippen molar-refractivity contribution in [1.29, 1.82) is 0 Å². The number of hydrogen-bond acceptors (Lipinski definition) is 4. The molecule has 1 amide bonds. The van der Waals surface area contributed by atoms with Gasteiger partial charge in [-0.3, -0.25) is 4.79 Å². The van der Waals surface area contributed by atoms with E-state index < -0.39 is 17.6 Å². The minimum absolute atomic E-state index is 0.0272. The van der Waals surface area contributed by atoms with E-state index in [0.29, 0.717) is 11.3 Å². The monoisotopic (exact) mass is 352 g/mol. The summed E-state index contributed by atoms with van der Waals surface area (Å²) in [5, 5.41) is 13.9. The maximum Gasteiger partial charge on any atom is 0.416 e. The van der Waals surface area contributed by atoms with Gasteiger partial charge in [0.05, 0.1) is 18.4 Å². The van der Waals surface area contributed by atoms with E-state index in [1.165, 1.54) is 7.11 Å². The molecule has 0 radical (unpaired) electrons. The molecule has 5 nitrogen and oxygen atoms in total. The van der Waals surface area contributed by atoms with Gasteiger partial charge in [-0.25, -0.2) is 5.43 Å². The van der Waals surface area contributed by atoms with Gasteiger partial charge in [0.1, 0.15) is 0 Å². The number of ether oxygens (including phenoxy) is 1. The van der Waals surface area contributed by atoms with Crippen molar-refractivity contribution in [3.63, 3.8) is 0 Å². The van der Waals surface area contributed by atoms with Crippen molar-refractivity contribution in [3.05, 3.63) is 59.2 Å². The molecule has 0 aliphatic carbocycles. The first-order valence-electron chi connectivity index (χ1n) is 7.12. The Morgan fingerprint density at radius 3 is 2.36 bits per heavy atom. The van der Waals surface area contributed by atoms with E-state index in [0.717, 1.165) is 24.3 Å². The number of aromatic hydroxyl groups is 1. The van der Waals surface area contributed by atoms with Crippen LogP contribution in [0.15, 0.2) is 47.6 Å². The van der Waals surface area contributed by atoms with Gasteiger partial charge in [-0.15, -0.1) is 0 Å². The summed E-state index contributed by atoms with van der Waals surface area (Å²) in [7, 11) is 1.40. The molecule has 0 unspecified atom stereocenters. The van der Waals surface area contributed by atoms with E-state index >= 15 is 0 Å². The minimum atomic E-state index is -4.46. The number of methoxy groups -OCH3 is 1. The van der Waals surface area contributed by atoms with Crippen molar-refractivity contribution in [2.45, 2.75) is 13.1 Å². The Bertz CT molecular complexity index is 800. The van der Waals surface area contributed by atoms with Crippen molar-refractivity contribution in [2.24, 2.45) is 5.10 Å². The van der Waals surface area contributed by atoms with Gasteiger partial charge in [-0.2, -0.15) is 18.3 Å². The van der Waals surface area contributed by atoms with Crippen LogP contribution in [-0.2, 0) is 6.18 Å². The number of carbonyl (C=O) groups is 1. The average Bonchev–Trinajstić information content (AvgIpc) is 2.59. The molecule has 2 rings (SSSR count). The molecule has 25 heavy (non-hydrogen) atoms. The second kappa shape index (κ2) is 7.25. The third-order valence-corrected chi connectivity index (χ3v) is 3.41. The Morgan fingerprint density at radius 2 is 1.80 bits per heavy atom. The zero-order chi connectivity index (χ0) is 18.6. The number of alkyl halides is 3. The van der Waals surface area contributed by atoms with Crippen molar-refractivity contribution >= 4 is 11.6 Å². The molecule has 2 aromatic rings. The average molecular weight is 352 g/mol. The first-order valence-corrected chi connectivity index (χ1v) is 7.12. The Labute approximate surface area is 141 Å². The van der Waals surface area contributed by atoms with E-state index in [1.807, 2.05) is 0 Å². The van der Waals surface area contributed by atoms with Gasteiger partial charge < -0.3 is 9.84 Å². The number of amides is 1. The summed E-state index contributed by atoms with van der Waals surface area (Å²) in [4.78, 5) is 12.0. The minimum Gasteiger partial charge on any atom is -0.504 e. The number of hydrogen-bond donors (Lipinski definition) is 2. The van der Waals surface area contributed by atoms with Crippen molar-refractivity contribution in [1.82, 2.24) is 5.43 Å². The fourth-order valence-electron chi connectivity index (χ4n) is 2.05. The highest BCUT2D eigenvalue weighted by Gasteiger charge is 2.30. The van der Waals surface area contributed by atoms with Crippen LogP contribution >= 0.6 is 0 Å². The molecule has 2 N–H and O–H groups in total. The molecule has 0 atom stereocenters. The maximum absolute atomic E-state index is 12.5. The largest absolute Gasteiger partial charge is 0.504 e. The molecule has 0 saturated carbocycles. The third kappa shape index (κ3) is 4.28. The van der Waals surface area contributed by atoms with E-state index in [2.05, 4.69) is 10.5 Å². The van der Waals surface area contributed by atoms with Crippen LogP contribution in [0.2, 0.25) is 0 Å². The summed E-state index contributed by atoms with van der Waals surface area (Å²) in [5.74, 6) is -0.549. The predicted octanol–water partition coefficient (Wildman–Crippen LogP) is 3.57. The fraction of sp³-hybridized carbons (Fsp3) is 0.176. The lowest BCUT2D eigenvalue weighted by atomic mass is 10.1. The van der Waals surface area contributed by atoms with Gasteiger partial charge in [-0.05, 0) is 43.3 Å². The molecule has 0 saturated heterocycles. The van der Waals surface area contributed by atoms with E-state index in [9.17, 15) is 23.1 Å². The van der Waals surface area contributed by atoms with Crippen LogP contribution in [0, 0.1) is 0 Å². The highest BCUT2D eigenvalue weighted by Crippen LogP contribution is 2.30. The molecule has 0 spiro atoms. The maximum atomic E-state index is 12.5. The molecule has 0 aromatic heterocycles. The van der Waals surface area contributed by atoms with Crippen LogP contribution in [0.4, 0.5) is 13.2 Å². The van der Waals surface area contributed by atoms with Gasteiger partial charge in [0.25, 0.3) is 5.91 Å². The molecule has 2 aromatic carbocycles. The second-order valence-electron chi connectivity index (χ2n) is 5.07. The molecular weight excluding hydrogens is 337 g/mol. The third-order valence-electron chi connectivity index (χ3n) is 3.41. The highest BCUT2D eigenvalue weighted by atomic mass is 19.4. The number of halogens is 3. The zero-order valence-electron chi connectivity index (χ0n) is 13.4. The van der Waals surface area contributed by atoms with Crippen LogP contribution in [0.5, 0.6) is 11.5 Å². The number of carbonyl (C=O) groups excluding carboxylic acids is 1. The summed E-state index contributed by atoms with van der Waals surface area (Å²) in [6.07, 6.45) is -4.46. The first-order chi connectivity index (χ1) is 11.7. The summed E-state index contributed by atoms with van der Waals surface area (Å²) >= 11 is 0. The Hall–Kier alpha value is -3.03. The lowest BCUT2D eigenvalue weighted by Gasteiger charge is -2.09. The van der Waals surface area contributed by atoms with Gasteiger partial charge >= 0.3 is 6.18 Å². The second-order valence-corrected chi connectivity index (χ2v) is 5.07. The first kappa shape index (κ1) is 18.3. The fourth-order valence-corrected chi connectivity index (χ4v) is 2.05. The number of rotatable bonds is 4. The molecule has 0 heterocycles. The number of benzene rings is 2. The lowest BCUT2D eigenvalue weighted by molar-refractivity contribution is -0.137. The number of phenolic OH excluding ortho intramolecular Hbond substituents is 1. The van der Waals surface area contributed by atoms with E-state index in [1.54, 1.807) is 25.1 Å².